The zero-order chi connectivity index (χ0) is 14.9. The smallest absolute Gasteiger partial charge is 0.133 e. The summed E-state index contributed by atoms with van der Waals surface area (Å²) in [5.74, 6) is 2.87. The topological polar surface area (TPSA) is 42.7 Å². The number of aryl methyl sites for hydroxylation is 2. The Labute approximate surface area is 134 Å². The predicted octanol–water partition coefficient (Wildman–Crippen LogP) is 3.15. The SMILES string of the molecule is Cc1nnc2n1C[C@@H](CNCc1csc3ccccc13)CC2. The number of rotatable bonds is 4. The fraction of sp³-hybridized carbons (Fsp3) is 0.412. The molecule has 0 amide bonds. The van der Waals surface area contributed by atoms with Crippen molar-refractivity contribution in [2.24, 2.45) is 5.92 Å². The monoisotopic (exact) mass is 312 g/mol. The molecule has 4 rings (SSSR count). The minimum atomic E-state index is 0.673. The molecule has 0 radical (unpaired) electrons. The molecule has 114 valence electrons. The average molecular weight is 312 g/mol. The number of benzene rings is 1. The molecule has 4 nitrogen and oxygen atoms in total. The number of nitrogens with zero attached hydrogens (tertiary/aromatic N) is 3. The molecule has 1 atom stereocenters. The van der Waals surface area contributed by atoms with Crippen molar-refractivity contribution in [3.05, 3.63) is 46.9 Å². The van der Waals surface area contributed by atoms with E-state index in [4.69, 9.17) is 0 Å². The van der Waals surface area contributed by atoms with Crippen molar-refractivity contribution in [3.8, 4) is 0 Å². The van der Waals surface area contributed by atoms with E-state index >= 15 is 0 Å². The van der Waals surface area contributed by atoms with Crippen LogP contribution in [0.5, 0.6) is 0 Å². The largest absolute Gasteiger partial charge is 0.315 e. The summed E-state index contributed by atoms with van der Waals surface area (Å²) in [6.07, 6.45) is 2.25. The second-order valence-electron chi connectivity index (χ2n) is 6.07. The van der Waals surface area contributed by atoms with Crippen LogP contribution in [0.3, 0.4) is 0 Å². The maximum atomic E-state index is 4.24. The third-order valence-electron chi connectivity index (χ3n) is 4.54. The number of thiophene rings is 1. The number of aromatic nitrogens is 3. The molecule has 1 aliphatic rings. The normalized spacial score (nSPS) is 17.8. The summed E-state index contributed by atoms with van der Waals surface area (Å²) in [7, 11) is 0. The lowest BCUT2D eigenvalue weighted by molar-refractivity contribution is 0.344. The highest BCUT2D eigenvalue weighted by Crippen LogP contribution is 2.25. The van der Waals surface area contributed by atoms with Gasteiger partial charge in [0.15, 0.2) is 0 Å². The second kappa shape index (κ2) is 5.82. The van der Waals surface area contributed by atoms with Crippen LogP contribution in [-0.4, -0.2) is 21.3 Å². The summed E-state index contributed by atoms with van der Waals surface area (Å²) in [5, 5.41) is 15.7. The molecule has 0 bridgehead atoms. The molecule has 0 aliphatic carbocycles. The average Bonchev–Trinajstić information content (AvgIpc) is 3.12. The summed E-state index contributed by atoms with van der Waals surface area (Å²) in [6.45, 7) is 5.10. The van der Waals surface area contributed by atoms with Crippen molar-refractivity contribution in [1.29, 1.82) is 0 Å². The first-order chi connectivity index (χ1) is 10.8. The van der Waals surface area contributed by atoms with Crippen LogP contribution in [0.4, 0.5) is 0 Å². The zero-order valence-electron chi connectivity index (χ0n) is 12.7. The van der Waals surface area contributed by atoms with Gasteiger partial charge in [0.1, 0.15) is 11.6 Å². The third kappa shape index (κ3) is 2.55. The first-order valence-corrected chi connectivity index (χ1v) is 8.74. The van der Waals surface area contributed by atoms with Crippen LogP contribution in [0.25, 0.3) is 10.1 Å². The summed E-state index contributed by atoms with van der Waals surface area (Å²) in [6, 6.07) is 8.64. The summed E-state index contributed by atoms with van der Waals surface area (Å²) in [5.41, 5.74) is 1.41. The Morgan fingerprint density at radius 3 is 3.18 bits per heavy atom. The molecule has 0 saturated heterocycles. The van der Waals surface area contributed by atoms with Crippen LogP contribution in [-0.2, 0) is 19.5 Å². The predicted molar refractivity (Wildman–Crippen MR) is 90.1 cm³/mol. The van der Waals surface area contributed by atoms with E-state index in [2.05, 4.69) is 49.7 Å². The summed E-state index contributed by atoms with van der Waals surface area (Å²) >= 11 is 1.83. The fourth-order valence-corrected chi connectivity index (χ4v) is 4.24. The number of hydrogen-bond donors (Lipinski definition) is 1. The van der Waals surface area contributed by atoms with Crippen LogP contribution in [0.2, 0.25) is 0 Å². The zero-order valence-corrected chi connectivity index (χ0v) is 13.6. The summed E-state index contributed by atoms with van der Waals surface area (Å²) < 4.78 is 3.65. The van der Waals surface area contributed by atoms with Gasteiger partial charge in [-0.25, -0.2) is 0 Å². The van der Waals surface area contributed by atoms with E-state index in [-0.39, 0.29) is 0 Å². The van der Waals surface area contributed by atoms with Gasteiger partial charge in [-0.1, -0.05) is 18.2 Å². The van der Waals surface area contributed by atoms with Gasteiger partial charge in [-0.15, -0.1) is 21.5 Å². The van der Waals surface area contributed by atoms with Gasteiger partial charge in [-0.2, -0.15) is 0 Å². The molecular formula is C17H20N4S. The molecule has 3 aromatic rings. The molecule has 1 N–H and O–H groups in total. The van der Waals surface area contributed by atoms with E-state index in [0.717, 1.165) is 37.7 Å². The lowest BCUT2D eigenvalue weighted by atomic mass is 9.99. The van der Waals surface area contributed by atoms with Crippen LogP contribution < -0.4 is 5.32 Å². The van der Waals surface area contributed by atoms with Crippen molar-refractivity contribution in [1.82, 2.24) is 20.1 Å². The van der Waals surface area contributed by atoms with Crippen LogP contribution in [0.15, 0.2) is 29.6 Å². The number of fused-ring (bicyclic) bond motifs is 2. The van der Waals surface area contributed by atoms with Crippen molar-refractivity contribution >= 4 is 21.4 Å². The molecule has 0 unspecified atom stereocenters. The van der Waals surface area contributed by atoms with Crippen molar-refractivity contribution < 1.29 is 0 Å². The molecule has 0 saturated carbocycles. The Kier molecular flexibility index (Phi) is 3.68. The molecule has 0 spiro atoms. The highest BCUT2D eigenvalue weighted by atomic mass is 32.1. The number of nitrogens with one attached hydrogen (secondary N) is 1. The molecule has 5 heteroatoms. The van der Waals surface area contributed by atoms with E-state index in [1.807, 2.05) is 18.3 Å². The number of hydrogen-bond acceptors (Lipinski definition) is 4. The lowest BCUT2D eigenvalue weighted by Crippen LogP contribution is -2.30. The minimum Gasteiger partial charge on any atom is -0.315 e. The highest BCUT2D eigenvalue weighted by Gasteiger charge is 2.21. The van der Waals surface area contributed by atoms with Gasteiger partial charge in [0, 0.05) is 24.2 Å². The molecule has 1 aliphatic heterocycles. The molecular weight excluding hydrogens is 292 g/mol. The Morgan fingerprint density at radius 2 is 2.23 bits per heavy atom. The van der Waals surface area contributed by atoms with E-state index in [1.165, 1.54) is 22.1 Å². The van der Waals surface area contributed by atoms with Gasteiger partial charge in [-0.05, 0) is 48.2 Å². The first-order valence-electron chi connectivity index (χ1n) is 7.86. The third-order valence-corrected chi connectivity index (χ3v) is 5.55. The van der Waals surface area contributed by atoms with Gasteiger partial charge >= 0.3 is 0 Å². The minimum absolute atomic E-state index is 0.673. The molecule has 2 aromatic heterocycles. The maximum absolute atomic E-state index is 4.24. The molecule has 22 heavy (non-hydrogen) atoms. The van der Waals surface area contributed by atoms with E-state index in [9.17, 15) is 0 Å². The molecule has 0 fully saturated rings. The van der Waals surface area contributed by atoms with E-state index in [0.29, 0.717) is 5.92 Å². The lowest BCUT2D eigenvalue weighted by Gasteiger charge is -2.24. The second-order valence-corrected chi connectivity index (χ2v) is 6.98. The Hall–Kier alpha value is -1.72. The maximum Gasteiger partial charge on any atom is 0.133 e. The van der Waals surface area contributed by atoms with Gasteiger partial charge in [0.05, 0.1) is 0 Å². The molecule has 1 aromatic carbocycles. The summed E-state index contributed by atoms with van der Waals surface area (Å²) in [4.78, 5) is 0. The first kappa shape index (κ1) is 13.9. The standard InChI is InChI=1S/C17H20N4S/c1-12-19-20-17-7-6-13(10-21(12)17)8-18-9-14-11-22-16-5-3-2-4-15(14)16/h2-5,11,13,18H,6-10H2,1H3/t13-/m1/s1. The van der Waals surface area contributed by atoms with Gasteiger partial charge < -0.3 is 9.88 Å². The Balaban J connectivity index is 1.37. The van der Waals surface area contributed by atoms with Crippen molar-refractivity contribution in [3.63, 3.8) is 0 Å². The fourth-order valence-electron chi connectivity index (χ4n) is 3.28. The van der Waals surface area contributed by atoms with Crippen LogP contribution >= 0.6 is 11.3 Å². The van der Waals surface area contributed by atoms with Crippen LogP contribution in [0.1, 0.15) is 23.6 Å². The van der Waals surface area contributed by atoms with Gasteiger partial charge in [0.2, 0.25) is 0 Å². The van der Waals surface area contributed by atoms with E-state index < -0.39 is 0 Å². The van der Waals surface area contributed by atoms with E-state index in [1.54, 1.807) is 0 Å². The van der Waals surface area contributed by atoms with Gasteiger partial charge in [-0.3, -0.25) is 0 Å². The molecule has 3 heterocycles. The van der Waals surface area contributed by atoms with Crippen LogP contribution in [0, 0.1) is 12.8 Å². The quantitative estimate of drug-likeness (QED) is 0.805. The van der Waals surface area contributed by atoms with Crippen molar-refractivity contribution in [2.75, 3.05) is 6.54 Å². The Bertz CT molecular complexity index is 789. The van der Waals surface area contributed by atoms with Gasteiger partial charge in [0.25, 0.3) is 0 Å². The van der Waals surface area contributed by atoms with Crippen molar-refractivity contribution in [2.45, 2.75) is 32.9 Å². The Morgan fingerprint density at radius 1 is 1.32 bits per heavy atom. The highest BCUT2D eigenvalue weighted by molar-refractivity contribution is 7.17.